The SMILES string of the molecule is COc1cc([C@@H](CNC(=O)c2c(Cl)cc(N=CN=C(C)N)cc2Cl)c2cccc(F)c2)nc2c(F)ccc(C)c12. The minimum atomic E-state index is -0.670. The Kier molecular flexibility index (Phi) is 8.96. The van der Waals surface area contributed by atoms with Gasteiger partial charge >= 0.3 is 0 Å². The zero-order chi connectivity index (χ0) is 29.0. The molecule has 0 spiro atoms. The molecule has 206 valence electrons. The molecular formula is C29H25Cl2F2N5O2. The van der Waals surface area contributed by atoms with E-state index >= 15 is 0 Å². The van der Waals surface area contributed by atoms with Gasteiger partial charge in [0, 0.05) is 23.9 Å². The topological polar surface area (TPSA) is 102 Å². The van der Waals surface area contributed by atoms with Crippen molar-refractivity contribution in [2.45, 2.75) is 19.8 Å². The third-order valence-corrected chi connectivity index (χ3v) is 6.72. The maximum Gasteiger partial charge on any atom is 0.254 e. The second-order valence-electron chi connectivity index (χ2n) is 8.95. The fourth-order valence-electron chi connectivity index (χ4n) is 4.23. The Bertz CT molecular complexity index is 1630. The van der Waals surface area contributed by atoms with Crippen molar-refractivity contribution >= 4 is 57.9 Å². The van der Waals surface area contributed by atoms with Crippen LogP contribution in [0.25, 0.3) is 10.9 Å². The summed E-state index contributed by atoms with van der Waals surface area (Å²) < 4.78 is 34.7. The Hall–Kier alpha value is -4.08. The number of carbonyl (C=O) groups excluding carboxylic acids is 1. The van der Waals surface area contributed by atoms with Crippen LogP contribution >= 0.6 is 23.2 Å². The van der Waals surface area contributed by atoms with Gasteiger partial charge in [0.25, 0.3) is 5.91 Å². The Labute approximate surface area is 239 Å². The number of hydrogen-bond acceptors (Lipinski definition) is 4. The Balaban J connectivity index is 1.71. The highest BCUT2D eigenvalue weighted by Crippen LogP contribution is 2.35. The van der Waals surface area contributed by atoms with E-state index in [2.05, 4.69) is 20.3 Å². The maximum absolute atomic E-state index is 14.9. The zero-order valence-corrected chi connectivity index (χ0v) is 23.3. The lowest BCUT2D eigenvalue weighted by molar-refractivity contribution is 0.0952. The van der Waals surface area contributed by atoms with E-state index in [1.165, 1.54) is 43.8 Å². The molecule has 0 bridgehead atoms. The van der Waals surface area contributed by atoms with Crippen LogP contribution in [0.3, 0.4) is 0 Å². The predicted molar refractivity (Wildman–Crippen MR) is 155 cm³/mol. The van der Waals surface area contributed by atoms with E-state index in [4.69, 9.17) is 33.7 Å². The lowest BCUT2D eigenvalue weighted by Gasteiger charge is -2.20. The fourth-order valence-corrected chi connectivity index (χ4v) is 4.88. The Morgan fingerprint density at radius 3 is 2.52 bits per heavy atom. The molecule has 7 nitrogen and oxygen atoms in total. The molecule has 40 heavy (non-hydrogen) atoms. The number of carbonyl (C=O) groups is 1. The number of amidine groups is 1. The van der Waals surface area contributed by atoms with Crippen molar-refractivity contribution in [2.24, 2.45) is 15.7 Å². The largest absolute Gasteiger partial charge is 0.496 e. The number of methoxy groups -OCH3 is 1. The number of amides is 1. The van der Waals surface area contributed by atoms with Crippen LogP contribution in [-0.4, -0.2) is 36.7 Å². The van der Waals surface area contributed by atoms with Crippen molar-refractivity contribution in [2.75, 3.05) is 13.7 Å². The molecule has 0 radical (unpaired) electrons. The van der Waals surface area contributed by atoms with Crippen LogP contribution in [0.4, 0.5) is 14.5 Å². The molecule has 0 aliphatic carbocycles. The van der Waals surface area contributed by atoms with Gasteiger partial charge in [-0.05, 0) is 55.3 Å². The van der Waals surface area contributed by atoms with Gasteiger partial charge in [0.1, 0.15) is 29.2 Å². The molecule has 0 saturated heterocycles. The minimum Gasteiger partial charge on any atom is -0.496 e. The Morgan fingerprint density at radius 1 is 1.15 bits per heavy atom. The highest BCUT2D eigenvalue weighted by atomic mass is 35.5. The molecule has 4 rings (SSSR count). The number of nitrogens with one attached hydrogen (secondary N) is 1. The summed E-state index contributed by atoms with van der Waals surface area (Å²) in [4.78, 5) is 25.8. The second kappa shape index (κ2) is 12.4. The number of fused-ring (bicyclic) bond motifs is 1. The number of ether oxygens (including phenoxy) is 1. The second-order valence-corrected chi connectivity index (χ2v) is 9.77. The molecule has 0 unspecified atom stereocenters. The van der Waals surface area contributed by atoms with Crippen LogP contribution in [0.2, 0.25) is 10.0 Å². The first-order valence-electron chi connectivity index (χ1n) is 12.1. The quantitative estimate of drug-likeness (QED) is 0.177. The van der Waals surface area contributed by atoms with Crippen molar-refractivity contribution in [1.29, 1.82) is 0 Å². The summed E-state index contributed by atoms with van der Waals surface area (Å²) in [6, 6.07) is 13.4. The number of pyridine rings is 1. The summed E-state index contributed by atoms with van der Waals surface area (Å²) in [6.45, 7) is 3.40. The Morgan fingerprint density at radius 2 is 1.88 bits per heavy atom. The number of halogens is 4. The molecule has 0 aliphatic rings. The van der Waals surface area contributed by atoms with E-state index in [0.717, 1.165) is 5.56 Å². The third-order valence-electron chi connectivity index (χ3n) is 6.12. The van der Waals surface area contributed by atoms with Gasteiger partial charge < -0.3 is 15.8 Å². The van der Waals surface area contributed by atoms with E-state index in [-0.39, 0.29) is 27.7 Å². The van der Waals surface area contributed by atoms with Gasteiger partial charge in [0.15, 0.2) is 0 Å². The van der Waals surface area contributed by atoms with E-state index in [9.17, 15) is 13.6 Å². The molecule has 0 fully saturated rings. The number of hydrogen-bond donors (Lipinski definition) is 2. The van der Waals surface area contributed by atoms with E-state index < -0.39 is 23.5 Å². The summed E-state index contributed by atoms with van der Waals surface area (Å²) in [6.07, 6.45) is 1.25. The average Bonchev–Trinajstić information content (AvgIpc) is 2.90. The first-order valence-corrected chi connectivity index (χ1v) is 12.8. The van der Waals surface area contributed by atoms with Gasteiger partial charge in [-0.1, -0.05) is 41.4 Å². The number of nitrogens with zero attached hydrogens (tertiary/aromatic N) is 3. The summed E-state index contributed by atoms with van der Waals surface area (Å²) >= 11 is 12.8. The lowest BCUT2D eigenvalue weighted by atomic mass is 9.93. The number of benzene rings is 3. The highest BCUT2D eigenvalue weighted by molar-refractivity contribution is 6.40. The summed E-state index contributed by atoms with van der Waals surface area (Å²) in [5.74, 6) is -1.52. The molecule has 0 saturated carbocycles. The van der Waals surface area contributed by atoms with Crippen molar-refractivity contribution < 1.29 is 18.3 Å². The normalized spacial score (nSPS) is 12.6. The van der Waals surface area contributed by atoms with E-state index in [0.29, 0.717) is 33.9 Å². The summed E-state index contributed by atoms with van der Waals surface area (Å²) in [5, 5.41) is 3.47. The zero-order valence-electron chi connectivity index (χ0n) is 21.8. The molecule has 1 heterocycles. The molecule has 1 amide bonds. The van der Waals surface area contributed by atoms with Crippen molar-refractivity contribution in [3.05, 3.63) is 98.7 Å². The first kappa shape index (κ1) is 28.9. The number of aromatic nitrogens is 1. The average molecular weight is 584 g/mol. The molecule has 0 aliphatic heterocycles. The number of aryl methyl sites for hydroxylation is 1. The van der Waals surface area contributed by atoms with Crippen LogP contribution in [0, 0.1) is 18.6 Å². The van der Waals surface area contributed by atoms with Gasteiger partial charge in [-0.2, -0.15) is 0 Å². The monoisotopic (exact) mass is 583 g/mol. The smallest absolute Gasteiger partial charge is 0.254 e. The van der Waals surface area contributed by atoms with Crippen molar-refractivity contribution in [3.8, 4) is 5.75 Å². The van der Waals surface area contributed by atoms with Crippen molar-refractivity contribution in [1.82, 2.24) is 10.3 Å². The maximum atomic E-state index is 14.9. The van der Waals surface area contributed by atoms with E-state index in [1.54, 1.807) is 31.2 Å². The van der Waals surface area contributed by atoms with Crippen LogP contribution in [0.1, 0.15) is 40.0 Å². The predicted octanol–water partition coefficient (Wildman–Crippen LogP) is 6.74. The fraction of sp³-hybridized carbons (Fsp3) is 0.172. The van der Waals surface area contributed by atoms with Crippen LogP contribution in [0.5, 0.6) is 5.75 Å². The summed E-state index contributed by atoms with van der Waals surface area (Å²) in [5.41, 5.74) is 7.67. The lowest BCUT2D eigenvalue weighted by Crippen LogP contribution is -2.30. The molecule has 11 heteroatoms. The van der Waals surface area contributed by atoms with Gasteiger partial charge in [-0.3, -0.25) is 4.79 Å². The van der Waals surface area contributed by atoms with Gasteiger partial charge in [0.05, 0.1) is 39.9 Å². The summed E-state index contributed by atoms with van der Waals surface area (Å²) in [7, 11) is 1.48. The molecule has 1 aromatic heterocycles. The van der Waals surface area contributed by atoms with Gasteiger partial charge in [-0.25, -0.2) is 23.7 Å². The number of rotatable bonds is 8. The first-order chi connectivity index (χ1) is 19.1. The van der Waals surface area contributed by atoms with Crippen LogP contribution in [0.15, 0.2) is 64.6 Å². The van der Waals surface area contributed by atoms with Crippen LogP contribution < -0.4 is 15.8 Å². The molecule has 1 atom stereocenters. The molecule has 3 aromatic carbocycles. The highest BCUT2D eigenvalue weighted by Gasteiger charge is 2.23. The van der Waals surface area contributed by atoms with Gasteiger partial charge in [-0.15, -0.1) is 0 Å². The number of aliphatic imine (C=N–C) groups is 2. The van der Waals surface area contributed by atoms with E-state index in [1.807, 2.05) is 6.92 Å². The van der Waals surface area contributed by atoms with Gasteiger partial charge in [0.2, 0.25) is 0 Å². The van der Waals surface area contributed by atoms with Crippen LogP contribution in [-0.2, 0) is 0 Å². The minimum absolute atomic E-state index is 0.0319. The molecule has 3 N–H and O–H groups in total. The molecular weight excluding hydrogens is 559 g/mol. The number of nitrogens with two attached hydrogens (primary N) is 1. The molecule has 4 aromatic rings. The third kappa shape index (κ3) is 6.38. The standard InChI is InChI=1S/C29H25Cl2F2N5O2/c1-15-7-8-23(33)28-26(15)25(40-3)12-24(38-28)20(17-5-4-6-18(32)9-17)13-35-29(39)27-21(30)10-19(11-22(27)31)37-14-36-16(2)34/h4-12,14,20H,13H2,1-3H3,(H,35,39)(H2,34,36,37)/t20-/m0/s1. The van der Waals surface area contributed by atoms with Crippen molar-refractivity contribution in [3.63, 3.8) is 0 Å².